The van der Waals surface area contributed by atoms with Crippen molar-refractivity contribution < 1.29 is 0 Å². The highest BCUT2D eigenvalue weighted by atomic mass is 127. The summed E-state index contributed by atoms with van der Waals surface area (Å²) in [5.41, 5.74) is 0. The van der Waals surface area contributed by atoms with Crippen LogP contribution >= 0.6 is 22.6 Å². The summed E-state index contributed by atoms with van der Waals surface area (Å²) in [5, 5.41) is 3.33. The second-order valence-corrected chi connectivity index (χ2v) is 5.02. The lowest BCUT2D eigenvalue weighted by Crippen LogP contribution is -2.27. The number of nitrogens with zero attached hydrogens (tertiary/aromatic N) is 3. The summed E-state index contributed by atoms with van der Waals surface area (Å²) in [4.78, 5) is 10.5. The Morgan fingerprint density at radius 1 is 1.60 bits per heavy atom. The average Bonchev–Trinajstić information content (AvgIpc) is 3.04. The molecule has 5 heteroatoms. The highest BCUT2D eigenvalue weighted by molar-refractivity contribution is 14.1. The molecule has 0 aliphatic heterocycles. The predicted octanol–water partition coefficient (Wildman–Crippen LogP) is 1.59. The van der Waals surface area contributed by atoms with Crippen LogP contribution in [0.25, 0.3) is 0 Å². The number of hydrogen-bond acceptors (Lipinski definition) is 4. The van der Waals surface area contributed by atoms with Gasteiger partial charge >= 0.3 is 0 Å². The van der Waals surface area contributed by atoms with Crippen LogP contribution in [0, 0.1) is 3.57 Å². The number of likely N-dealkylation sites (N-methyl/N-ethyl adjacent to an activating group) is 1. The Bertz CT molecular complexity index is 327. The molecule has 0 aromatic carbocycles. The third-order valence-corrected chi connectivity index (χ3v) is 3.38. The van der Waals surface area contributed by atoms with Gasteiger partial charge in [-0.15, -0.1) is 0 Å². The molecule has 0 bridgehead atoms. The molecule has 1 heterocycles. The molecule has 0 unspecified atom stereocenters. The molecule has 2 rings (SSSR count). The van der Waals surface area contributed by atoms with E-state index in [1.165, 1.54) is 12.8 Å². The van der Waals surface area contributed by atoms with Crippen LogP contribution in [0.5, 0.6) is 0 Å². The van der Waals surface area contributed by atoms with Crippen LogP contribution in [0.15, 0.2) is 12.5 Å². The molecule has 1 fully saturated rings. The van der Waals surface area contributed by atoms with Gasteiger partial charge in [-0.1, -0.05) is 0 Å². The molecule has 1 N–H and O–H groups in total. The molecule has 1 saturated carbocycles. The second kappa shape index (κ2) is 5.07. The van der Waals surface area contributed by atoms with Crippen molar-refractivity contribution in [3.05, 3.63) is 16.1 Å². The Labute approximate surface area is 104 Å². The average molecular weight is 318 g/mol. The Morgan fingerprint density at radius 3 is 3.07 bits per heavy atom. The molecule has 15 heavy (non-hydrogen) atoms. The van der Waals surface area contributed by atoms with E-state index in [9.17, 15) is 0 Å². The minimum atomic E-state index is 0.830. The summed E-state index contributed by atoms with van der Waals surface area (Å²) in [6, 6.07) is 0.830. The molecule has 1 aliphatic carbocycles. The van der Waals surface area contributed by atoms with E-state index in [2.05, 4.69) is 49.8 Å². The lowest BCUT2D eigenvalue weighted by molar-refractivity contribution is 0.337. The molecule has 0 saturated heterocycles. The normalized spacial score (nSPS) is 15.7. The zero-order valence-corrected chi connectivity index (χ0v) is 10.9. The van der Waals surface area contributed by atoms with Gasteiger partial charge in [0, 0.05) is 25.3 Å². The second-order valence-electron chi connectivity index (χ2n) is 3.86. The van der Waals surface area contributed by atoms with Crippen molar-refractivity contribution >= 4 is 28.4 Å². The predicted molar refractivity (Wildman–Crippen MR) is 68.9 cm³/mol. The zero-order chi connectivity index (χ0) is 10.7. The van der Waals surface area contributed by atoms with E-state index in [0.717, 1.165) is 28.5 Å². The minimum Gasteiger partial charge on any atom is -0.368 e. The Kier molecular flexibility index (Phi) is 3.74. The summed E-state index contributed by atoms with van der Waals surface area (Å²) < 4.78 is 1.07. The fraction of sp³-hybridized carbons (Fsp3) is 0.600. The van der Waals surface area contributed by atoms with Gasteiger partial charge < -0.3 is 10.2 Å². The van der Waals surface area contributed by atoms with Crippen molar-refractivity contribution in [2.45, 2.75) is 18.9 Å². The van der Waals surface area contributed by atoms with Crippen LogP contribution < -0.4 is 5.32 Å². The zero-order valence-electron chi connectivity index (χ0n) is 8.78. The minimum absolute atomic E-state index is 0.830. The summed E-state index contributed by atoms with van der Waals surface area (Å²) in [6.07, 6.45) is 6.12. The third kappa shape index (κ3) is 3.27. The number of anilines is 1. The summed E-state index contributed by atoms with van der Waals surface area (Å²) in [5.74, 6) is 0.940. The largest absolute Gasteiger partial charge is 0.368 e. The molecular formula is C10H15IN4. The van der Waals surface area contributed by atoms with Gasteiger partial charge in [0.1, 0.15) is 12.1 Å². The molecule has 0 spiro atoms. The van der Waals surface area contributed by atoms with Crippen molar-refractivity contribution in [1.29, 1.82) is 0 Å². The van der Waals surface area contributed by atoms with Crippen LogP contribution in [0.1, 0.15) is 12.8 Å². The van der Waals surface area contributed by atoms with E-state index in [4.69, 9.17) is 0 Å². The topological polar surface area (TPSA) is 41.0 Å². The first-order chi connectivity index (χ1) is 7.27. The molecule has 0 amide bonds. The van der Waals surface area contributed by atoms with Crippen molar-refractivity contribution in [3.63, 3.8) is 0 Å². The van der Waals surface area contributed by atoms with Crippen molar-refractivity contribution in [3.8, 4) is 0 Å². The van der Waals surface area contributed by atoms with Gasteiger partial charge in [-0.05, 0) is 42.5 Å². The maximum Gasteiger partial charge on any atom is 0.142 e. The fourth-order valence-electron chi connectivity index (χ4n) is 1.49. The molecule has 1 aromatic heterocycles. The SMILES string of the molecule is CN(CCNc1ncncc1I)C1CC1. The highest BCUT2D eigenvalue weighted by Crippen LogP contribution is 2.24. The number of nitrogens with one attached hydrogen (secondary N) is 1. The summed E-state index contributed by atoms with van der Waals surface area (Å²) in [6.45, 7) is 2.02. The van der Waals surface area contributed by atoms with Gasteiger partial charge in [0.15, 0.2) is 0 Å². The number of halogens is 1. The summed E-state index contributed by atoms with van der Waals surface area (Å²) in [7, 11) is 2.18. The van der Waals surface area contributed by atoms with Crippen molar-refractivity contribution in [1.82, 2.24) is 14.9 Å². The Balaban J connectivity index is 1.75. The van der Waals surface area contributed by atoms with Gasteiger partial charge in [-0.25, -0.2) is 9.97 Å². The summed E-state index contributed by atoms with van der Waals surface area (Å²) >= 11 is 2.24. The highest BCUT2D eigenvalue weighted by Gasteiger charge is 2.25. The molecule has 0 radical (unpaired) electrons. The first-order valence-corrected chi connectivity index (χ1v) is 6.25. The van der Waals surface area contributed by atoms with E-state index < -0.39 is 0 Å². The monoisotopic (exact) mass is 318 g/mol. The van der Waals surface area contributed by atoms with Crippen LogP contribution in [-0.2, 0) is 0 Å². The molecule has 82 valence electrons. The Morgan fingerprint density at radius 2 is 2.40 bits per heavy atom. The quantitative estimate of drug-likeness (QED) is 0.837. The van der Waals surface area contributed by atoms with E-state index >= 15 is 0 Å². The smallest absolute Gasteiger partial charge is 0.142 e. The van der Waals surface area contributed by atoms with Crippen molar-refractivity contribution in [2.75, 3.05) is 25.5 Å². The number of hydrogen-bond donors (Lipinski definition) is 1. The first kappa shape index (κ1) is 11.1. The Hall–Kier alpha value is -0.430. The van der Waals surface area contributed by atoms with E-state index in [0.29, 0.717) is 0 Å². The lowest BCUT2D eigenvalue weighted by atomic mass is 10.5. The molecule has 1 aliphatic rings. The molecular weight excluding hydrogens is 303 g/mol. The van der Waals surface area contributed by atoms with Crippen LogP contribution in [0.2, 0.25) is 0 Å². The fourth-order valence-corrected chi connectivity index (χ4v) is 1.98. The number of rotatable bonds is 5. The van der Waals surface area contributed by atoms with Crippen LogP contribution in [0.3, 0.4) is 0 Å². The molecule has 4 nitrogen and oxygen atoms in total. The number of aromatic nitrogens is 2. The van der Waals surface area contributed by atoms with Gasteiger partial charge in [0.25, 0.3) is 0 Å². The first-order valence-electron chi connectivity index (χ1n) is 5.17. The molecule has 1 aromatic rings. The van der Waals surface area contributed by atoms with Gasteiger partial charge in [0.05, 0.1) is 3.57 Å². The van der Waals surface area contributed by atoms with Gasteiger partial charge in [-0.2, -0.15) is 0 Å². The van der Waals surface area contributed by atoms with Crippen LogP contribution in [0.4, 0.5) is 5.82 Å². The maximum absolute atomic E-state index is 4.19. The third-order valence-electron chi connectivity index (χ3n) is 2.59. The van der Waals surface area contributed by atoms with E-state index in [1.54, 1.807) is 6.33 Å². The standard InChI is InChI=1S/C10H15IN4/c1-15(8-2-3-8)5-4-13-10-9(11)6-12-7-14-10/h6-8H,2-5H2,1H3,(H,12,13,14). The van der Waals surface area contributed by atoms with Crippen LogP contribution in [-0.4, -0.2) is 41.0 Å². The lowest BCUT2D eigenvalue weighted by Gasteiger charge is -2.16. The van der Waals surface area contributed by atoms with Crippen molar-refractivity contribution in [2.24, 2.45) is 0 Å². The van der Waals surface area contributed by atoms with E-state index in [1.807, 2.05) is 6.20 Å². The van der Waals surface area contributed by atoms with Gasteiger partial charge in [0.2, 0.25) is 0 Å². The maximum atomic E-state index is 4.19. The van der Waals surface area contributed by atoms with E-state index in [-0.39, 0.29) is 0 Å². The molecule has 0 atom stereocenters. The van der Waals surface area contributed by atoms with Gasteiger partial charge in [-0.3, -0.25) is 0 Å².